The Morgan fingerprint density at radius 1 is 1.47 bits per heavy atom. The van der Waals surface area contributed by atoms with Crippen molar-refractivity contribution in [2.45, 2.75) is 45.1 Å². The Morgan fingerprint density at radius 3 is 2.84 bits per heavy atom. The Hall–Kier alpha value is -1.30. The molecule has 5 N–H and O–H groups in total. The van der Waals surface area contributed by atoms with Gasteiger partial charge in [-0.15, -0.1) is 0 Å². The molecule has 6 nitrogen and oxygen atoms in total. The van der Waals surface area contributed by atoms with Crippen molar-refractivity contribution in [2.24, 2.45) is 11.7 Å². The van der Waals surface area contributed by atoms with Crippen LogP contribution in [-0.4, -0.2) is 37.6 Å². The molecule has 0 aromatic carbocycles. The van der Waals surface area contributed by atoms with Gasteiger partial charge >= 0.3 is 6.03 Å². The third kappa shape index (κ3) is 6.42. The summed E-state index contributed by atoms with van der Waals surface area (Å²) < 4.78 is 0. The Morgan fingerprint density at radius 2 is 2.26 bits per heavy atom. The highest BCUT2D eigenvalue weighted by Gasteiger charge is 2.19. The van der Waals surface area contributed by atoms with Gasteiger partial charge in [0.25, 0.3) is 0 Å². The first kappa shape index (κ1) is 15.8. The molecule has 1 unspecified atom stereocenters. The minimum absolute atomic E-state index is 0.135. The summed E-state index contributed by atoms with van der Waals surface area (Å²) in [7, 11) is 0. The van der Waals surface area contributed by atoms with E-state index in [2.05, 4.69) is 16.0 Å². The van der Waals surface area contributed by atoms with Gasteiger partial charge in [0.05, 0.1) is 0 Å². The number of carbonyl (C=O) groups excluding carboxylic acids is 2. The molecule has 110 valence electrons. The largest absolute Gasteiger partial charge is 0.354 e. The van der Waals surface area contributed by atoms with Crippen LogP contribution in [0.1, 0.15) is 39.0 Å². The second-order valence-corrected chi connectivity index (χ2v) is 5.14. The van der Waals surface area contributed by atoms with Crippen molar-refractivity contribution in [3.05, 3.63) is 0 Å². The maximum atomic E-state index is 11.9. The molecule has 1 heterocycles. The zero-order chi connectivity index (χ0) is 14.1. The van der Waals surface area contributed by atoms with E-state index in [1.807, 2.05) is 6.92 Å². The van der Waals surface area contributed by atoms with E-state index >= 15 is 0 Å². The molecule has 0 aromatic rings. The lowest BCUT2D eigenvalue weighted by atomic mass is 9.96. The highest BCUT2D eigenvalue weighted by molar-refractivity contribution is 5.86. The van der Waals surface area contributed by atoms with Gasteiger partial charge in [-0.05, 0) is 44.7 Å². The van der Waals surface area contributed by atoms with E-state index in [4.69, 9.17) is 5.73 Å². The lowest BCUT2D eigenvalue weighted by Gasteiger charge is -2.23. The summed E-state index contributed by atoms with van der Waals surface area (Å²) in [6.45, 7) is 4.76. The fourth-order valence-corrected chi connectivity index (χ4v) is 2.42. The summed E-state index contributed by atoms with van der Waals surface area (Å²) >= 11 is 0. The van der Waals surface area contributed by atoms with Crippen LogP contribution in [0.25, 0.3) is 0 Å². The molecule has 1 aliphatic heterocycles. The number of piperidine rings is 1. The fraction of sp³-hybridized carbons (Fsp3) is 0.846. The van der Waals surface area contributed by atoms with Gasteiger partial charge in [0.15, 0.2) is 0 Å². The first-order chi connectivity index (χ1) is 9.13. The van der Waals surface area contributed by atoms with Gasteiger partial charge in [-0.1, -0.05) is 13.3 Å². The highest BCUT2D eigenvalue weighted by atomic mass is 16.2. The van der Waals surface area contributed by atoms with E-state index in [-0.39, 0.29) is 5.91 Å². The average Bonchev–Trinajstić information content (AvgIpc) is 2.39. The third-order valence-electron chi connectivity index (χ3n) is 3.46. The molecule has 1 saturated heterocycles. The van der Waals surface area contributed by atoms with Crippen molar-refractivity contribution in [3.8, 4) is 0 Å². The molecule has 0 radical (unpaired) electrons. The standard InChI is InChI=1S/C13H26N4O2/c1-2-4-11(17-13(14)19)12(18)16-8-6-10-5-3-7-15-9-10/h10-11,15H,2-9H2,1H3,(H,16,18)(H3,14,17,19)/t10?,11-/m1/s1. The molecule has 1 rings (SSSR count). The highest BCUT2D eigenvalue weighted by Crippen LogP contribution is 2.12. The Balaban J connectivity index is 2.24. The molecule has 3 amide bonds. The molecular weight excluding hydrogens is 244 g/mol. The monoisotopic (exact) mass is 270 g/mol. The predicted molar refractivity (Wildman–Crippen MR) is 74.6 cm³/mol. The lowest BCUT2D eigenvalue weighted by molar-refractivity contribution is -0.123. The van der Waals surface area contributed by atoms with E-state index in [1.54, 1.807) is 0 Å². The van der Waals surface area contributed by atoms with Crippen LogP contribution in [0.5, 0.6) is 0 Å². The molecule has 0 saturated carbocycles. The Kier molecular flexibility index (Phi) is 7.25. The smallest absolute Gasteiger partial charge is 0.312 e. The fourth-order valence-electron chi connectivity index (χ4n) is 2.42. The predicted octanol–water partition coefficient (Wildman–Crippen LogP) is 0.329. The molecule has 0 aliphatic carbocycles. The quantitative estimate of drug-likeness (QED) is 0.537. The molecule has 1 aliphatic rings. The number of hydrogen-bond donors (Lipinski definition) is 4. The van der Waals surface area contributed by atoms with Crippen LogP contribution in [0, 0.1) is 5.92 Å². The average molecular weight is 270 g/mol. The maximum absolute atomic E-state index is 11.9. The summed E-state index contributed by atoms with van der Waals surface area (Å²) in [4.78, 5) is 22.7. The van der Waals surface area contributed by atoms with Crippen LogP contribution in [0.4, 0.5) is 4.79 Å². The number of hydrogen-bond acceptors (Lipinski definition) is 3. The maximum Gasteiger partial charge on any atom is 0.312 e. The van der Waals surface area contributed by atoms with E-state index < -0.39 is 12.1 Å². The molecule has 1 fully saturated rings. The SMILES string of the molecule is CCC[C@@H](NC(N)=O)C(=O)NCCC1CCCNC1. The minimum atomic E-state index is -0.648. The number of nitrogens with two attached hydrogens (primary N) is 1. The van der Waals surface area contributed by atoms with Crippen LogP contribution >= 0.6 is 0 Å². The molecule has 0 bridgehead atoms. The molecular formula is C13H26N4O2. The van der Waals surface area contributed by atoms with Crippen LogP contribution in [0.3, 0.4) is 0 Å². The van der Waals surface area contributed by atoms with E-state index in [0.29, 0.717) is 18.9 Å². The van der Waals surface area contributed by atoms with Crippen LogP contribution in [0.15, 0.2) is 0 Å². The van der Waals surface area contributed by atoms with Gasteiger partial charge in [0.2, 0.25) is 5.91 Å². The first-order valence-electron chi connectivity index (χ1n) is 7.18. The van der Waals surface area contributed by atoms with Gasteiger partial charge < -0.3 is 21.7 Å². The normalized spacial score (nSPS) is 20.6. The number of carbonyl (C=O) groups is 2. The second-order valence-electron chi connectivity index (χ2n) is 5.14. The number of nitrogens with one attached hydrogen (secondary N) is 3. The topological polar surface area (TPSA) is 96.2 Å². The van der Waals surface area contributed by atoms with Gasteiger partial charge in [-0.25, -0.2) is 4.79 Å². The zero-order valence-corrected chi connectivity index (χ0v) is 11.7. The van der Waals surface area contributed by atoms with E-state index in [9.17, 15) is 9.59 Å². The molecule has 19 heavy (non-hydrogen) atoms. The summed E-state index contributed by atoms with van der Waals surface area (Å²) in [6, 6.07) is -1.16. The second kappa shape index (κ2) is 8.74. The summed E-state index contributed by atoms with van der Waals surface area (Å²) in [5.74, 6) is 0.507. The zero-order valence-electron chi connectivity index (χ0n) is 11.7. The van der Waals surface area contributed by atoms with Crippen molar-refractivity contribution >= 4 is 11.9 Å². The van der Waals surface area contributed by atoms with Gasteiger partial charge in [-0.2, -0.15) is 0 Å². The molecule has 0 spiro atoms. The number of primary amides is 1. The van der Waals surface area contributed by atoms with Gasteiger partial charge in [0.1, 0.15) is 6.04 Å². The van der Waals surface area contributed by atoms with E-state index in [1.165, 1.54) is 12.8 Å². The van der Waals surface area contributed by atoms with Crippen LogP contribution in [0.2, 0.25) is 0 Å². The summed E-state index contributed by atoms with van der Waals surface area (Å²) in [5, 5.41) is 8.72. The first-order valence-corrected chi connectivity index (χ1v) is 7.18. The molecule has 2 atom stereocenters. The number of amides is 3. The van der Waals surface area contributed by atoms with Crippen molar-refractivity contribution in [1.82, 2.24) is 16.0 Å². The van der Waals surface area contributed by atoms with Gasteiger partial charge in [0, 0.05) is 6.54 Å². The van der Waals surface area contributed by atoms with Gasteiger partial charge in [-0.3, -0.25) is 4.79 Å². The van der Waals surface area contributed by atoms with Crippen molar-refractivity contribution in [3.63, 3.8) is 0 Å². The van der Waals surface area contributed by atoms with Crippen molar-refractivity contribution in [1.29, 1.82) is 0 Å². The number of urea groups is 1. The molecule has 6 heteroatoms. The van der Waals surface area contributed by atoms with Crippen LogP contribution < -0.4 is 21.7 Å². The minimum Gasteiger partial charge on any atom is -0.354 e. The molecule has 0 aromatic heterocycles. The Labute approximate surface area is 114 Å². The van der Waals surface area contributed by atoms with E-state index in [0.717, 1.165) is 25.9 Å². The summed E-state index contributed by atoms with van der Waals surface area (Å²) in [6.07, 6.45) is 4.85. The third-order valence-corrected chi connectivity index (χ3v) is 3.46. The lowest BCUT2D eigenvalue weighted by Crippen LogP contribution is -2.48. The van der Waals surface area contributed by atoms with Crippen molar-refractivity contribution < 1.29 is 9.59 Å². The van der Waals surface area contributed by atoms with Crippen LogP contribution in [-0.2, 0) is 4.79 Å². The Bertz CT molecular complexity index is 290. The summed E-state index contributed by atoms with van der Waals surface area (Å²) in [5.41, 5.74) is 5.07. The van der Waals surface area contributed by atoms with Crippen molar-refractivity contribution in [2.75, 3.05) is 19.6 Å². The number of rotatable bonds is 7.